The van der Waals surface area contributed by atoms with Gasteiger partial charge in [-0.3, -0.25) is 4.79 Å². The molecule has 114 valence electrons. The summed E-state index contributed by atoms with van der Waals surface area (Å²) in [5, 5.41) is 0. The predicted octanol–water partition coefficient (Wildman–Crippen LogP) is 2.38. The summed E-state index contributed by atoms with van der Waals surface area (Å²) in [6.07, 6.45) is 2.00. The maximum Gasteiger partial charge on any atom is 0.409 e. The summed E-state index contributed by atoms with van der Waals surface area (Å²) in [5.74, 6) is 0.190. The summed E-state index contributed by atoms with van der Waals surface area (Å²) in [4.78, 5) is 25.3. The van der Waals surface area contributed by atoms with Crippen LogP contribution in [0.25, 0.3) is 0 Å². The third-order valence-corrected chi connectivity index (χ3v) is 5.02. The van der Waals surface area contributed by atoms with Crippen LogP contribution in [-0.4, -0.2) is 48.2 Å². The number of rotatable bonds is 2. The molecule has 2 heterocycles. The normalized spacial score (nSPS) is 32.4. The summed E-state index contributed by atoms with van der Waals surface area (Å²) in [7, 11) is 0. The highest BCUT2D eigenvalue weighted by Crippen LogP contribution is 2.49. The van der Waals surface area contributed by atoms with Crippen LogP contribution in [0.3, 0.4) is 0 Å². The molecule has 2 aliphatic rings. The van der Waals surface area contributed by atoms with E-state index in [0.717, 1.165) is 19.3 Å². The highest BCUT2D eigenvalue weighted by Gasteiger charge is 2.54. The molecule has 0 aromatic heterocycles. The van der Waals surface area contributed by atoms with E-state index < -0.39 is 5.41 Å². The monoisotopic (exact) mass is 283 g/mol. The Morgan fingerprint density at radius 1 is 1.35 bits per heavy atom. The second kappa shape index (κ2) is 5.35. The molecule has 2 saturated heterocycles. The molecule has 0 aliphatic carbocycles. The summed E-state index contributed by atoms with van der Waals surface area (Å²) in [6.45, 7) is 9.10. The molecule has 0 bridgehead atoms. The molecule has 0 radical (unpaired) electrons. The number of carbonyl (C=O) groups is 2. The van der Waals surface area contributed by atoms with E-state index >= 15 is 0 Å². The first kappa shape index (κ1) is 15.3. The summed E-state index contributed by atoms with van der Waals surface area (Å²) < 4.78 is 11.2. The van der Waals surface area contributed by atoms with Gasteiger partial charge in [-0.05, 0) is 40.0 Å². The average molecular weight is 283 g/mol. The van der Waals surface area contributed by atoms with Gasteiger partial charge in [0.25, 0.3) is 0 Å². The minimum atomic E-state index is -0.397. The van der Waals surface area contributed by atoms with Gasteiger partial charge in [0.15, 0.2) is 0 Å². The lowest BCUT2D eigenvalue weighted by molar-refractivity contribution is -0.128. The number of piperidine rings is 1. The van der Waals surface area contributed by atoms with Crippen molar-refractivity contribution >= 4 is 11.9 Å². The molecule has 0 N–H and O–H groups in total. The van der Waals surface area contributed by atoms with Crippen molar-refractivity contribution in [2.75, 3.05) is 19.7 Å². The molecule has 5 heteroatoms. The lowest BCUT2D eigenvalue weighted by atomic mass is 9.73. The number of hydrogen-bond acceptors (Lipinski definition) is 4. The van der Waals surface area contributed by atoms with Crippen molar-refractivity contribution in [1.82, 2.24) is 4.90 Å². The fraction of sp³-hybridized carbons (Fsp3) is 0.867. The van der Waals surface area contributed by atoms with Gasteiger partial charge in [-0.25, -0.2) is 4.79 Å². The van der Waals surface area contributed by atoms with E-state index in [1.807, 2.05) is 20.8 Å². The summed E-state index contributed by atoms with van der Waals surface area (Å²) in [6, 6.07) is 0. The van der Waals surface area contributed by atoms with Gasteiger partial charge in [0.05, 0.1) is 23.7 Å². The maximum absolute atomic E-state index is 11.9. The molecule has 0 aromatic carbocycles. The van der Waals surface area contributed by atoms with Crippen LogP contribution in [0.2, 0.25) is 0 Å². The smallest absolute Gasteiger partial charge is 0.409 e. The Hall–Kier alpha value is -1.10. The highest BCUT2D eigenvalue weighted by atomic mass is 16.6. The van der Waals surface area contributed by atoms with Gasteiger partial charge in [0.1, 0.15) is 5.78 Å². The van der Waals surface area contributed by atoms with Gasteiger partial charge in [-0.1, -0.05) is 6.92 Å². The predicted molar refractivity (Wildman–Crippen MR) is 74.5 cm³/mol. The van der Waals surface area contributed by atoms with Crippen LogP contribution >= 0.6 is 0 Å². The molecule has 20 heavy (non-hydrogen) atoms. The van der Waals surface area contributed by atoms with Crippen molar-refractivity contribution in [2.24, 2.45) is 5.41 Å². The fourth-order valence-corrected chi connectivity index (χ4v) is 3.38. The van der Waals surface area contributed by atoms with Crippen molar-refractivity contribution in [3.63, 3.8) is 0 Å². The molecule has 2 fully saturated rings. The van der Waals surface area contributed by atoms with E-state index in [1.54, 1.807) is 11.8 Å². The number of Topliss-reactive ketones (excluding diaryl/α,β-unsaturated/α-hetero) is 1. The molecule has 1 amide bonds. The zero-order valence-electron chi connectivity index (χ0n) is 12.9. The van der Waals surface area contributed by atoms with Crippen molar-refractivity contribution in [2.45, 2.75) is 58.7 Å². The Labute approximate surface area is 120 Å². The molecule has 2 rings (SSSR count). The molecular formula is C15H25NO4. The minimum absolute atomic E-state index is 0.0610. The van der Waals surface area contributed by atoms with Crippen LogP contribution in [0, 0.1) is 5.41 Å². The second-order valence-electron chi connectivity index (χ2n) is 6.28. The SMILES string of the molecule is CCOC(=O)N1CCC2(CC1)C[C@](C)(C(C)=O)C(C)O2. The highest BCUT2D eigenvalue weighted by molar-refractivity contribution is 5.83. The Kier molecular flexibility index (Phi) is 4.09. The van der Waals surface area contributed by atoms with Crippen molar-refractivity contribution in [1.29, 1.82) is 0 Å². The van der Waals surface area contributed by atoms with E-state index in [0.29, 0.717) is 19.7 Å². The Morgan fingerprint density at radius 3 is 2.40 bits per heavy atom. The molecule has 1 spiro atoms. The minimum Gasteiger partial charge on any atom is -0.450 e. The first-order valence-electron chi connectivity index (χ1n) is 7.43. The van der Waals surface area contributed by atoms with E-state index in [4.69, 9.17) is 9.47 Å². The Balaban J connectivity index is 2.00. The zero-order chi connectivity index (χ0) is 15.0. The van der Waals surface area contributed by atoms with Gasteiger partial charge < -0.3 is 14.4 Å². The number of hydrogen-bond donors (Lipinski definition) is 0. The number of ketones is 1. The van der Waals surface area contributed by atoms with E-state index in [9.17, 15) is 9.59 Å². The van der Waals surface area contributed by atoms with Crippen molar-refractivity contribution < 1.29 is 19.1 Å². The van der Waals surface area contributed by atoms with Gasteiger partial charge in [-0.15, -0.1) is 0 Å². The van der Waals surface area contributed by atoms with E-state index in [-0.39, 0.29) is 23.6 Å². The number of likely N-dealkylation sites (tertiary alicyclic amines) is 1. The summed E-state index contributed by atoms with van der Waals surface area (Å²) in [5.41, 5.74) is -0.644. The first-order valence-corrected chi connectivity index (χ1v) is 7.43. The topological polar surface area (TPSA) is 55.8 Å². The zero-order valence-corrected chi connectivity index (χ0v) is 12.9. The quantitative estimate of drug-likeness (QED) is 0.781. The standard InChI is InChI=1S/C15H25NO4/c1-5-19-13(18)16-8-6-15(7-9-16)10-14(4,11(2)17)12(3)20-15/h12H,5-10H2,1-4H3/t12?,14-/m1/s1. The van der Waals surface area contributed by atoms with Crippen LogP contribution in [0.5, 0.6) is 0 Å². The maximum atomic E-state index is 11.9. The number of amides is 1. The van der Waals surface area contributed by atoms with E-state index in [2.05, 4.69) is 0 Å². The van der Waals surface area contributed by atoms with Gasteiger partial charge in [0, 0.05) is 13.1 Å². The number of carbonyl (C=O) groups excluding carboxylic acids is 2. The molecule has 5 nitrogen and oxygen atoms in total. The van der Waals surface area contributed by atoms with Crippen LogP contribution in [0.15, 0.2) is 0 Å². The lowest BCUT2D eigenvalue weighted by Gasteiger charge is -2.38. The second-order valence-corrected chi connectivity index (χ2v) is 6.28. The lowest BCUT2D eigenvalue weighted by Crippen LogP contribution is -2.47. The number of nitrogens with zero attached hydrogens (tertiary/aromatic N) is 1. The van der Waals surface area contributed by atoms with Crippen molar-refractivity contribution in [3.8, 4) is 0 Å². The van der Waals surface area contributed by atoms with Crippen LogP contribution < -0.4 is 0 Å². The van der Waals surface area contributed by atoms with Gasteiger partial charge in [0.2, 0.25) is 0 Å². The molecular weight excluding hydrogens is 258 g/mol. The fourth-order valence-electron chi connectivity index (χ4n) is 3.38. The largest absolute Gasteiger partial charge is 0.450 e. The van der Waals surface area contributed by atoms with Crippen LogP contribution in [0.4, 0.5) is 4.79 Å². The van der Waals surface area contributed by atoms with Gasteiger partial charge in [-0.2, -0.15) is 0 Å². The molecule has 1 unspecified atom stereocenters. The van der Waals surface area contributed by atoms with Crippen LogP contribution in [-0.2, 0) is 14.3 Å². The molecule has 2 atom stereocenters. The Morgan fingerprint density at radius 2 is 1.95 bits per heavy atom. The number of ether oxygens (including phenoxy) is 2. The summed E-state index contributed by atoms with van der Waals surface area (Å²) >= 11 is 0. The van der Waals surface area contributed by atoms with E-state index in [1.165, 1.54) is 0 Å². The third-order valence-electron chi connectivity index (χ3n) is 5.02. The first-order chi connectivity index (χ1) is 9.33. The van der Waals surface area contributed by atoms with Crippen LogP contribution in [0.1, 0.15) is 47.0 Å². The molecule has 0 aromatic rings. The van der Waals surface area contributed by atoms with Gasteiger partial charge >= 0.3 is 6.09 Å². The molecule has 0 saturated carbocycles. The molecule has 2 aliphatic heterocycles. The average Bonchev–Trinajstić information content (AvgIpc) is 2.63. The third kappa shape index (κ3) is 2.55. The Bertz CT molecular complexity index is 401. The van der Waals surface area contributed by atoms with Crippen molar-refractivity contribution in [3.05, 3.63) is 0 Å².